The first-order chi connectivity index (χ1) is 14.1. The third kappa shape index (κ3) is 4.12. The molecule has 0 atom stereocenters. The van der Waals surface area contributed by atoms with E-state index in [2.05, 4.69) is 10.6 Å². The van der Waals surface area contributed by atoms with Crippen LogP contribution in [0.15, 0.2) is 36.4 Å². The van der Waals surface area contributed by atoms with Crippen molar-refractivity contribution >= 4 is 23.7 Å². The predicted octanol–water partition coefficient (Wildman–Crippen LogP) is 1.08. The number of carbonyl (C=O) groups excluding carboxylic acids is 3. The molecule has 10 heteroatoms. The number of aromatic carboxylic acids is 1. The lowest BCUT2D eigenvalue weighted by molar-refractivity contribution is -0.139. The summed E-state index contributed by atoms with van der Waals surface area (Å²) in [7, 11) is 0. The zero-order valence-corrected chi connectivity index (χ0v) is 15.5. The molecule has 0 saturated heterocycles. The fourth-order valence-corrected chi connectivity index (χ4v) is 3.00. The van der Waals surface area contributed by atoms with Crippen LogP contribution in [0.1, 0.15) is 28.8 Å². The van der Waals surface area contributed by atoms with Crippen LogP contribution in [0.25, 0.3) is 11.1 Å². The second-order valence-corrected chi connectivity index (χ2v) is 6.86. The van der Waals surface area contributed by atoms with Gasteiger partial charge in [0, 0.05) is 12.1 Å². The molecule has 0 aliphatic heterocycles. The Kier molecular flexibility index (Phi) is 5.50. The number of rotatable bonds is 6. The van der Waals surface area contributed by atoms with Gasteiger partial charge in [-0.25, -0.2) is 13.6 Å². The van der Waals surface area contributed by atoms with Crippen molar-refractivity contribution < 1.29 is 33.1 Å². The lowest BCUT2D eigenvalue weighted by Crippen LogP contribution is -2.52. The first-order valence-electron chi connectivity index (χ1n) is 8.85. The van der Waals surface area contributed by atoms with Crippen molar-refractivity contribution in [2.24, 2.45) is 5.73 Å². The molecule has 1 aliphatic rings. The molecule has 2 aromatic carbocycles. The van der Waals surface area contributed by atoms with E-state index < -0.39 is 46.4 Å². The second kappa shape index (κ2) is 7.90. The average molecular weight is 417 g/mol. The van der Waals surface area contributed by atoms with Crippen LogP contribution >= 0.6 is 0 Å². The standard InChI is InChI=1S/C20H17F2N3O5/c21-13-3-1-2-12(15(13)18(28)29)10-4-5-11(14(22)8-10)9-24-19(30)20(6-7-20)25-17(27)16(23)26/h1-5,8H,6-7,9H2,(H2,23,26)(H,24,30)(H,25,27)(H,28,29). The SMILES string of the molecule is NC(=O)C(=O)NC1(C(=O)NCc2ccc(-c3cccc(F)c3C(=O)O)cc2F)CC1. The predicted molar refractivity (Wildman–Crippen MR) is 99.9 cm³/mol. The van der Waals surface area contributed by atoms with Gasteiger partial charge in [-0.1, -0.05) is 24.3 Å². The van der Waals surface area contributed by atoms with Crippen LogP contribution in [0.5, 0.6) is 0 Å². The average Bonchev–Trinajstić information content (AvgIpc) is 3.46. The largest absolute Gasteiger partial charge is 0.478 e. The van der Waals surface area contributed by atoms with Gasteiger partial charge in [0.05, 0.1) is 0 Å². The molecule has 8 nitrogen and oxygen atoms in total. The molecule has 1 fully saturated rings. The molecule has 2 aromatic rings. The number of halogens is 2. The maximum Gasteiger partial charge on any atom is 0.339 e. The lowest BCUT2D eigenvalue weighted by Gasteiger charge is -2.16. The molecular formula is C20H17F2N3O5. The van der Waals surface area contributed by atoms with Crippen LogP contribution in [0.3, 0.4) is 0 Å². The highest BCUT2D eigenvalue weighted by Gasteiger charge is 2.51. The molecule has 0 heterocycles. The number of primary amides is 1. The van der Waals surface area contributed by atoms with E-state index in [-0.39, 0.29) is 23.2 Å². The van der Waals surface area contributed by atoms with Gasteiger partial charge in [0.25, 0.3) is 0 Å². The van der Waals surface area contributed by atoms with Gasteiger partial charge in [0.15, 0.2) is 0 Å². The maximum atomic E-state index is 14.5. The quantitative estimate of drug-likeness (QED) is 0.521. The Morgan fingerprint density at radius 1 is 1.07 bits per heavy atom. The number of nitrogens with two attached hydrogens (primary N) is 1. The van der Waals surface area contributed by atoms with Crippen LogP contribution < -0.4 is 16.4 Å². The van der Waals surface area contributed by atoms with E-state index in [1.54, 1.807) is 0 Å². The Labute approximate surface area is 169 Å². The van der Waals surface area contributed by atoms with E-state index in [1.165, 1.54) is 24.3 Å². The summed E-state index contributed by atoms with van der Waals surface area (Å²) in [6.45, 7) is -0.214. The number of nitrogens with one attached hydrogen (secondary N) is 2. The first-order valence-corrected chi connectivity index (χ1v) is 8.85. The summed E-state index contributed by atoms with van der Waals surface area (Å²) in [5.41, 5.74) is 3.33. The number of carbonyl (C=O) groups is 4. The Bertz CT molecular complexity index is 1070. The van der Waals surface area contributed by atoms with Gasteiger partial charge in [-0.2, -0.15) is 0 Å². The number of amides is 3. The van der Waals surface area contributed by atoms with Crippen molar-refractivity contribution in [3.05, 3.63) is 59.2 Å². The van der Waals surface area contributed by atoms with E-state index in [4.69, 9.17) is 5.73 Å². The van der Waals surface area contributed by atoms with E-state index in [1.807, 2.05) is 0 Å². The number of hydrogen-bond donors (Lipinski definition) is 4. The highest BCUT2D eigenvalue weighted by atomic mass is 19.1. The molecule has 156 valence electrons. The minimum atomic E-state index is -1.48. The van der Waals surface area contributed by atoms with Crippen LogP contribution in [0.4, 0.5) is 8.78 Å². The highest BCUT2D eigenvalue weighted by Crippen LogP contribution is 2.35. The Balaban J connectivity index is 1.74. The molecule has 3 rings (SSSR count). The van der Waals surface area contributed by atoms with E-state index in [0.29, 0.717) is 12.8 Å². The normalized spacial score (nSPS) is 13.9. The van der Waals surface area contributed by atoms with Gasteiger partial charge in [0.1, 0.15) is 22.7 Å². The van der Waals surface area contributed by atoms with E-state index in [9.17, 15) is 33.1 Å². The fraction of sp³-hybridized carbons (Fsp3) is 0.200. The summed E-state index contributed by atoms with van der Waals surface area (Å²) in [6, 6.07) is 7.47. The summed E-state index contributed by atoms with van der Waals surface area (Å²) >= 11 is 0. The second-order valence-electron chi connectivity index (χ2n) is 6.86. The first kappa shape index (κ1) is 20.9. The highest BCUT2D eigenvalue weighted by molar-refractivity contribution is 6.35. The molecule has 30 heavy (non-hydrogen) atoms. The lowest BCUT2D eigenvalue weighted by atomic mass is 9.98. The Morgan fingerprint density at radius 3 is 2.33 bits per heavy atom. The minimum absolute atomic E-state index is 0.0167. The van der Waals surface area contributed by atoms with E-state index in [0.717, 1.165) is 12.1 Å². The van der Waals surface area contributed by atoms with Gasteiger partial charge in [-0.3, -0.25) is 14.4 Å². The van der Waals surface area contributed by atoms with Gasteiger partial charge in [-0.15, -0.1) is 0 Å². The minimum Gasteiger partial charge on any atom is -0.478 e. The monoisotopic (exact) mass is 417 g/mol. The fourth-order valence-electron chi connectivity index (χ4n) is 3.00. The smallest absolute Gasteiger partial charge is 0.339 e. The summed E-state index contributed by atoms with van der Waals surface area (Å²) in [5.74, 6) is -6.04. The van der Waals surface area contributed by atoms with E-state index >= 15 is 0 Å². The van der Waals surface area contributed by atoms with Crippen LogP contribution in [-0.4, -0.2) is 34.3 Å². The van der Waals surface area contributed by atoms with Gasteiger partial charge < -0.3 is 21.5 Å². The molecule has 1 aliphatic carbocycles. The number of hydrogen-bond acceptors (Lipinski definition) is 4. The summed E-state index contributed by atoms with van der Waals surface area (Å²) < 4.78 is 28.4. The molecular weight excluding hydrogens is 400 g/mol. The van der Waals surface area contributed by atoms with Crippen molar-refractivity contribution in [3.63, 3.8) is 0 Å². The van der Waals surface area contributed by atoms with Gasteiger partial charge in [-0.05, 0) is 36.1 Å². The zero-order valence-electron chi connectivity index (χ0n) is 15.5. The Hall–Kier alpha value is -3.82. The third-order valence-electron chi connectivity index (χ3n) is 4.79. The van der Waals surface area contributed by atoms with Crippen LogP contribution in [-0.2, 0) is 20.9 Å². The van der Waals surface area contributed by atoms with Crippen molar-refractivity contribution in [1.29, 1.82) is 0 Å². The zero-order chi connectivity index (χ0) is 22.1. The maximum absolute atomic E-state index is 14.5. The summed E-state index contributed by atoms with van der Waals surface area (Å²) in [5, 5.41) is 14.0. The molecule has 0 spiro atoms. The molecule has 0 radical (unpaired) electrons. The summed E-state index contributed by atoms with van der Waals surface area (Å²) in [6.07, 6.45) is 0.633. The molecule has 0 aromatic heterocycles. The Morgan fingerprint density at radius 2 is 1.77 bits per heavy atom. The molecule has 1 saturated carbocycles. The molecule has 0 unspecified atom stereocenters. The number of carboxylic acid groups (broad SMARTS) is 1. The van der Waals surface area contributed by atoms with Crippen LogP contribution in [0, 0.1) is 11.6 Å². The molecule has 3 amide bonds. The van der Waals surface area contributed by atoms with Crippen molar-refractivity contribution in [1.82, 2.24) is 10.6 Å². The van der Waals surface area contributed by atoms with Crippen molar-refractivity contribution in [3.8, 4) is 11.1 Å². The topological polar surface area (TPSA) is 139 Å². The van der Waals surface area contributed by atoms with Crippen molar-refractivity contribution in [2.45, 2.75) is 24.9 Å². The van der Waals surface area contributed by atoms with Gasteiger partial charge in [0.2, 0.25) is 5.91 Å². The summed E-state index contributed by atoms with van der Waals surface area (Å²) in [4.78, 5) is 45.9. The number of benzene rings is 2. The van der Waals surface area contributed by atoms with Gasteiger partial charge >= 0.3 is 17.8 Å². The molecule has 5 N–H and O–H groups in total. The van der Waals surface area contributed by atoms with Crippen LogP contribution in [0.2, 0.25) is 0 Å². The van der Waals surface area contributed by atoms with Crippen molar-refractivity contribution in [2.75, 3.05) is 0 Å². The third-order valence-corrected chi connectivity index (χ3v) is 4.79. The molecule has 0 bridgehead atoms. The number of carboxylic acids is 1.